The molecule has 0 heterocycles. The molecule has 1 saturated carbocycles. The number of hydrogen-bond acceptors (Lipinski definition) is 3. The Bertz CT molecular complexity index is 503. The maximum Gasteiger partial charge on any atom is 0.229 e. The molecule has 1 aromatic carbocycles. The Morgan fingerprint density at radius 2 is 1.55 bits per heavy atom. The van der Waals surface area contributed by atoms with Crippen LogP contribution >= 0.6 is 0 Å². The normalized spacial score (nSPS) is 17.4. The molecule has 112 valence electrons. The van der Waals surface area contributed by atoms with E-state index in [1.807, 2.05) is 12.1 Å². The summed E-state index contributed by atoms with van der Waals surface area (Å²) in [6, 6.07) is 7.42. The summed E-state index contributed by atoms with van der Waals surface area (Å²) in [7, 11) is -3.19. The number of hydrogen-bond donors (Lipinski definition) is 2. The third kappa shape index (κ3) is 5.41. The zero-order valence-corrected chi connectivity index (χ0v) is 12.9. The number of rotatable bonds is 5. The van der Waals surface area contributed by atoms with Crippen LogP contribution in [-0.4, -0.2) is 21.2 Å². The molecule has 0 amide bonds. The highest BCUT2D eigenvalue weighted by Crippen LogP contribution is 2.23. The lowest BCUT2D eigenvalue weighted by Gasteiger charge is -2.16. The SMILES string of the molecule is CS(=O)(=O)Nc1ccc(NCC2CCCCCC2)cc1. The van der Waals surface area contributed by atoms with E-state index in [2.05, 4.69) is 10.0 Å². The number of sulfonamides is 1. The van der Waals surface area contributed by atoms with Gasteiger partial charge in [0.1, 0.15) is 0 Å². The minimum Gasteiger partial charge on any atom is -0.385 e. The fourth-order valence-electron chi connectivity index (χ4n) is 2.70. The zero-order valence-electron chi connectivity index (χ0n) is 12.1. The van der Waals surface area contributed by atoms with Gasteiger partial charge in [0.05, 0.1) is 6.26 Å². The molecule has 2 N–H and O–H groups in total. The lowest BCUT2D eigenvalue weighted by molar-refractivity contribution is 0.483. The molecule has 2 rings (SSSR count). The van der Waals surface area contributed by atoms with Crippen LogP contribution < -0.4 is 10.0 Å². The van der Waals surface area contributed by atoms with E-state index < -0.39 is 10.0 Å². The van der Waals surface area contributed by atoms with Crippen LogP contribution in [0.25, 0.3) is 0 Å². The molecule has 0 aromatic heterocycles. The van der Waals surface area contributed by atoms with Gasteiger partial charge >= 0.3 is 0 Å². The van der Waals surface area contributed by atoms with E-state index in [1.54, 1.807) is 12.1 Å². The van der Waals surface area contributed by atoms with Crippen LogP contribution in [0.4, 0.5) is 11.4 Å². The number of anilines is 2. The summed E-state index contributed by atoms with van der Waals surface area (Å²) < 4.78 is 24.7. The van der Waals surface area contributed by atoms with E-state index in [9.17, 15) is 8.42 Å². The quantitative estimate of drug-likeness (QED) is 0.818. The second-order valence-corrected chi connectivity index (χ2v) is 7.44. The van der Waals surface area contributed by atoms with E-state index in [4.69, 9.17) is 0 Å². The molecule has 0 bridgehead atoms. The molecule has 1 aromatic rings. The molecule has 1 fully saturated rings. The van der Waals surface area contributed by atoms with Crippen LogP contribution in [0.5, 0.6) is 0 Å². The van der Waals surface area contributed by atoms with Crippen molar-refractivity contribution in [1.82, 2.24) is 0 Å². The highest BCUT2D eigenvalue weighted by Gasteiger charge is 2.11. The molecular weight excluding hydrogens is 272 g/mol. The highest BCUT2D eigenvalue weighted by atomic mass is 32.2. The van der Waals surface area contributed by atoms with Crippen LogP contribution in [-0.2, 0) is 10.0 Å². The van der Waals surface area contributed by atoms with Gasteiger partial charge in [-0.15, -0.1) is 0 Å². The van der Waals surface area contributed by atoms with Crippen molar-refractivity contribution in [2.45, 2.75) is 38.5 Å². The van der Waals surface area contributed by atoms with Gasteiger partial charge < -0.3 is 5.32 Å². The average molecular weight is 296 g/mol. The highest BCUT2D eigenvalue weighted by molar-refractivity contribution is 7.92. The first kappa shape index (κ1) is 15.2. The second kappa shape index (κ2) is 6.97. The second-order valence-electron chi connectivity index (χ2n) is 5.69. The van der Waals surface area contributed by atoms with E-state index in [0.717, 1.165) is 24.4 Å². The van der Waals surface area contributed by atoms with Crippen LogP contribution in [0.2, 0.25) is 0 Å². The van der Waals surface area contributed by atoms with E-state index in [-0.39, 0.29) is 0 Å². The molecule has 1 aliphatic rings. The van der Waals surface area contributed by atoms with Gasteiger partial charge in [0.2, 0.25) is 10.0 Å². The summed E-state index contributed by atoms with van der Waals surface area (Å²) in [4.78, 5) is 0. The molecule has 20 heavy (non-hydrogen) atoms. The molecule has 0 radical (unpaired) electrons. The van der Waals surface area contributed by atoms with Crippen LogP contribution in [0.1, 0.15) is 38.5 Å². The monoisotopic (exact) mass is 296 g/mol. The van der Waals surface area contributed by atoms with Gasteiger partial charge in [-0.3, -0.25) is 4.72 Å². The fraction of sp³-hybridized carbons (Fsp3) is 0.600. The van der Waals surface area contributed by atoms with E-state index in [0.29, 0.717) is 5.69 Å². The van der Waals surface area contributed by atoms with Crippen molar-refractivity contribution >= 4 is 21.4 Å². The average Bonchev–Trinajstić information content (AvgIpc) is 2.65. The van der Waals surface area contributed by atoms with Crippen molar-refractivity contribution in [3.63, 3.8) is 0 Å². The van der Waals surface area contributed by atoms with E-state index >= 15 is 0 Å². The number of nitrogens with one attached hydrogen (secondary N) is 2. The first-order valence-electron chi connectivity index (χ1n) is 7.35. The fourth-order valence-corrected chi connectivity index (χ4v) is 3.26. The van der Waals surface area contributed by atoms with Gasteiger partial charge in [0, 0.05) is 17.9 Å². The van der Waals surface area contributed by atoms with Crippen LogP contribution in [0.3, 0.4) is 0 Å². The minimum atomic E-state index is -3.19. The third-order valence-corrected chi connectivity index (χ3v) is 4.36. The molecule has 1 aliphatic carbocycles. The lowest BCUT2D eigenvalue weighted by Crippen LogP contribution is -2.13. The first-order chi connectivity index (χ1) is 9.53. The Kier molecular flexibility index (Phi) is 5.29. The zero-order chi connectivity index (χ0) is 14.4. The smallest absolute Gasteiger partial charge is 0.229 e. The van der Waals surface area contributed by atoms with Crippen molar-refractivity contribution < 1.29 is 8.42 Å². The first-order valence-corrected chi connectivity index (χ1v) is 9.24. The van der Waals surface area contributed by atoms with Crippen molar-refractivity contribution in [3.05, 3.63) is 24.3 Å². The molecule has 0 unspecified atom stereocenters. The Labute approximate surface area is 122 Å². The Morgan fingerprint density at radius 1 is 1.00 bits per heavy atom. The Balaban J connectivity index is 1.84. The van der Waals surface area contributed by atoms with Gasteiger partial charge in [-0.25, -0.2) is 8.42 Å². The number of benzene rings is 1. The summed E-state index contributed by atoms with van der Waals surface area (Å²) in [6.45, 7) is 1.01. The predicted octanol–water partition coefficient (Wildman–Crippen LogP) is 3.44. The van der Waals surface area contributed by atoms with Crippen molar-refractivity contribution in [3.8, 4) is 0 Å². The molecule has 0 atom stereocenters. The van der Waals surface area contributed by atoms with Crippen LogP contribution in [0, 0.1) is 5.92 Å². The van der Waals surface area contributed by atoms with Gasteiger partial charge in [-0.05, 0) is 43.0 Å². The van der Waals surface area contributed by atoms with Crippen LogP contribution in [0.15, 0.2) is 24.3 Å². The maximum atomic E-state index is 11.1. The van der Waals surface area contributed by atoms with Gasteiger partial charge in [0.15, 0.2) is 0 Å². The topological polar surface area (TPSA) is 58.2 Å². The van der Waals surface area contributed by atoms with E-state index in [1.165, 1.54) is 38.5 Å². The van der Waals surface area contributed by atoms with Gasteiger partial charge in [-0.2, -0.15) is 0 Å². The predicted molar refractivity (Wildman–Crippen MR) is 84.6 cm³/mol. The van der Waals surface area contributed by atoms with Gasteiger partial charge in [-0.1, -0.05) is 25.7 Å². The van der Waals surface area contributed by atoms with Crippen molar-refractivity contribution in [1.29, 1.82) is 0 Å². The maximum absolute atomic E-state index is 11.1. The summed E-state index contributed by atoms with van der Waals surface area (Å²) in [6.07, 6.45) is 9.25. The van der Waals surface area contributed by atoms with Gasteiger partial charge in [0.25, 0.3) is 0 Å². The van der Waals surface area contributed by atoms with Crippen molar-refractivity contribution in [2.75, 3.05) is 22.8 Å². The summed E-state index contributed by atoms with van der Waals surface area (Å²) >= 11 is 0. The summed E-state index contributed by atoms with van der Waals surface area (Å²) in [5.74, 6) is 0.770. The van der Waals surface area contributed by atoms with Crippen molar-refractivity contribution in [2.24, 2.45) is 5.92 Å². The summed E-state index contributed by atoms with van der Waals surface area (Å²) in [5.41, 5.74) is 1.65. The Morgan fingerprint density at radius 3 is 2.10 bits per heavy atom. The summed E-state index contributed by atoms with van der Waals surface area (Å²) in [5, 5.41) is 3.45. The largest absolute Gasteiger partial charge is 0.385 e. The molecule has 5 heteroatoms. The molecule has 0 saturated heterocycles. The molecule has 0 spiro atoms. The Hall–Kier alpha value is -1.23. The standard InChI is InChI=1S/C15H24N2O2S/c1-20(18,19)17-15-10-8-14(9-11-15)16-12-13-6-4-2-3-5-7-13/h8-11,13,16-17H,2-7,12H2,1H3. The molecule has 4 nitrogen and oxygen atoms in total. The lowest BCUT2D eigenvalue weighted by atomic mass is 10.0. The minimum absolute atomic E-state index is 0.604. The third-order valence-electron chi connectivity index (χ3n) is 3.76. The molecule has 0 aliphatic heterocycles. The molecular formula is C15H24N2O2S.